The number of amides is 2. The summed E-state index contributed by atoms with van der Waals surface area (Å²) < 4.78 is 0. The summed E-state index contributed by atoms with van der Waals surface area (Å²) >= 11 is 0. The van der Waals surface area contributed by atoms with Crippen LogP contribution in [0.25, 0.3) is 0 Å². The second-order valence-electron chi connectivity index (χ2n) is 7.65. The largest absolute Gasteiger partial charge is 0.339 e. The molecule has 0 bridgehead atoms. The zero-order chi connectivity index (χ0) is 18.9. The van der Waals surface area contributed by atoms with E-state index in [1.165, 1.54) is 12.3 Å². The van der Waals surface area contributed by atoms with Gasteiger partial charge in [-0.05, 0) is 24.5 Å². The Morgan fingerprint density at radius 2 is 1.78 bits per heavy atom. The third-order valence-corrected chi connectivity index (χ3v) is 5.76. The molecule has 2 aromatic rings. The van der Waals surface area contributed by atoms with Crippen LogP contribution in [-0.2, 0) is 11.3 Å². The fraction of sp³-hybridized carbons (Fsp3) is 0.381. The second-order valence-corrected chi connectivity index (χ2v) is 7.65. The maximum Gasteiger partial charge on any atom is 0.255 e. The molecule has 0 saturated carbocycles. The van der Waals surface area contributed by atoms with Gasteiger partial charge in [0.1, 0.15) is 0 Å². The fourth-order valence-electron chi connectivity index (χ4n) is 4.17. The lowest BCUT2D eigenvalue weighted by atomic mass is 9.77. The van der Waals surface area contributed by atoms with E-state index in [0.717, 1.165) is 24.9 Å². The average Bonchev–Trinajstić information content (AvgIpc) is 2.98. The van der Waals surface area contributed by atoms with Crippen molar-refractivity contribution in [3.05, 3.63) is 70.1 Å². The average molecular weight is 365 g/mol. The SMILES string of the molecule is O=C1CC2(CCN(C(=O)c3ccc(=O)[nH]c3)CC2)CN1Cc1ccccc1. The minimum Gasteiger partial charge on any atom is -0.339 e. The number of nitrogens with zero attached hydrogens (tertiary/aromatic N) is 2. The molecule has 4 rings (SSSR count). The predicted octanol–water partition coefficient (Wildman–Crippen LogP) is 2.03. The van der Waals surface area contributed by atoms with Crippen molar-refractivity contribution in [2.45, 2.75) is 25.8 Å². The van der Waals surface area contributed by atoms with Crippen molar-refractivity contribution in [3.8, 4) is 0 Å². The van der Waals surface area contributed by atoms with Crippen molar-refractivity contribution >= 4 is 11.8 Å². The minimum atomic E-state index is -0.216. The molecule has 6 heteroatoms. The predicted molar refractivity (Wildman–Crippen MR) is 101 cm³/mol. The number of rotatable bonds is 3. The van der Waals surface area contributed by atoms with Gasteiger partial charge in [-0.15, -0.1) is 0 Å². The maximum absolute atomic E-state index is 12.6. The van der Waals surface area contributed by atoms with Crippen molar-refractivity contribution < 1.29 is 9.59 Å². The van der Waals surface area contributed by atoms with Crippen LogP contribution in [0.15, 0.2) is 53.5 Å². The third kappa shape index (κ3) is 3.65. The van der Waals surface area contributed by atoms with Crippen LogP contribution >= 0.6 is 0 Å². The normalized spacial score (nSPS) is 18.9. The maximum atomic E-state index is 12.6. The summed E-state index contributed by atoms with van der Waals surface area (Å²) in [7, 11) is 0. The number of H-pyrrole nitrogens is 1. The molecular formula is C21H23N3O3. The van der Waals surface area contributed by atoms with Crippen LogP contribution < -0.4 is 5.56 Å². The number of likely N-dealkylation sites (tertiary alicyclic amines) is 2. The quantitative estimate of drug-likeness (QED) is 0.904. The molecule has 1 aromatic heterocycles. The number of nitrogens with one attached hydrogen (secondary N) is 1. The van der Waals surface area contributed by atoms with Gasteiger partial charge in [-0.2, -0.15) is 0 Å². The van der Waals surface area contributed by atoms with Crippen molar-refractivity contribution in [2.75, 3.05) is 19.6 Å². The monoisotopic (exact) mass is 365 g/mol. The van der Waals surface area contributed by atoms with Gasteiger partial charge < -0.3 is 14.8 Å². The molecule has 2 aliphatic rings. The zero-order valence-electron chi connectivity index (χ0n) is 15.2. The highest BCUT2D eigenvalue weighted by atomic mass is 16.2. The van der Waals surface area contributed by atoms with E-state index < -0.39 is 0 Å². The molecule has 1 aromatic carbocycles. The molecule has 1 N–H and O–H groups in total. The Hall–Kier alpha value is -2.89. The molecule has 0 aliphatic carbocycles. The molecule has 1 spiro atoms. The summed E-state index contributed by atoms with van der Waals surface area (Å²) in [6.45, 7) is 2.71. The van der Waals surface area contributed by atoms with Crippen LogP contribution in [-0.4, -0.2) is 46.2 Å². The highest BCUT2D eigenvalue weighted by molar-refractivity contribution is 5.94. The molecular weight excluding hydrogens is 342 g/mol. The number of piperidine rings is 1. The van der Waals surface area contributed by atoms with Gasteiger partial charge in [0.15, 0.2) is 0 Å². The summed E-state index contributed by atoms with van der Waals surface area (Å²) in [5.41, 5.74) is 1.41. The topological polar surface area (TPSA) is 73.5 Å². The van der Waals surface area contributed by atoms with E-state index in [1.807, 2.05) is 40.1 Å². The highest BCUT2D eigenvalue weighted by Crippen LogP contribution is 2.41. The molecule has 2 fully saturated rings. The van der Waals surface area contributed by atoms with E-state index in [0.29, 0.717) is 31.6 Å². The van der Waals surface area contributed by atoms with Crippen LogP contribution in [0.3, 0.4) is 0 Å². The molecule has 2 saturated heterocycles. The summed E-state index contributed by atoms with van der Waals surface area (Å²) in [6.07, 6.45) is 3.70. The lowest BCUT2D eigenvalue weighted by molar-refractivity contribution is -0.128. The van der Waals surface area contributed by atoms with Gasteiger partial charge in [-0.25, -0.2) is 0 Å². The van der Waals surface area contributed by atoms with Crippen LogP contribution in [0.5, 0.6) is 0 Å². The fourth-order valence-corrected chi connectivity index (χ4v) is 4.17. The van der Waals surface area contributed by atoms with Crippen LogP contribution in [0.2, 0.25) is 0 Å². The van der Waals surface area contributed by atoms with Crippen LogP contribution in [0, 0.1) is 5.41 Å². The number of hydrogen-bond acceptors (Lipinski definition) is 3. The van der Waals surface area contributed by atoms with E-state index in [-0.39, 0.29) is 22.8 Å². The standard InChI is InChI=1S/C21H23N3O3/c25-18-7-6-17(13-22-18)20(27)23-10-8-21(9-11-23)12-19(26)24(15-21)14-16-4-2-1-3-5-16/h1-7,13H,8-12,14-15H2,(H,22,25). The third-order valence-electron chi connectivity index (χ3n) is 5.76. The molecule has 2 aliphatic heterocycles. The Kier molecular flexibility index (Phi) is 4.56. The Balaban J connectivity index is 1.38. The smallest absolute Gasteiger partial charge is 0.255 e. The van der Waals surface area contributed by atoms with Gasteiger partial charge in [0.25, 0.3) is 5.91 Å². The first-order valence-corrected chi connectivity index (χ1v) is 9.34. The van der Waals surface area contributed by atoms with E-state index in [1.54, 1.807) is 6.07 Å². The first kappa shape index (κ1) is 17.5. The lowest BCUT2D eigenvalue weighted by Crippen LogP contribution is -2.44. The molecule has 2 amide bonds. The van der Waals surface area contributed by atoms with Gasteiger partial charge in [-0.3, -0.25) is 14.4 Å². The first-order chi connectivity index (χ1) is 13.0. The number of carbonyl (C=O) groups excluding carboxylic acids is 2. The Labute approximate surface area is 157 Å². The lowest BCUT2D eigenvalue weighted by Gasteiger charge is -2.38. The molecule has 0 radical (unpaired) electrons. The van der Waals surface area contributed by atoms with Crippen molar-refractivity contribution in [3.63, 3.8) is 0 Å². The Bertz CT molecular complexity index is 878. The molecule has 0 unspecified atom stereocenters. The van der Waals surface area contributed by atoms with Crippen LogP contribution in [0.4, 0.5) is 0 Å². The van der Waals surface area contributed by atoms with Gasteiger partial charge >= 0.3 is 0 Å². The second kappa shape index (κ2) is 7.02. The van der Waals surface area contributed by atoms with E-state index in [2.05, 4.69) is 4.98 Å². The van der Waals surface area contributed by atoms with Crippen molar-refractivity contribution in [1.29, 1.82) is 0 Å². The summed E-state index contributed by atoms with van der Waals surface area (Å²) in [5.74, 6) is 0.144. The number of aromatic nitrogens is 1. The summed E-state index contributed by atoms with van der Waals surface area (Å²) in [5, 5.41) is 0. The molecule has 27 heavy (non-hydrogen) atoms. The van der Waals surface area contributed by atoms with Crippen molar-refractivity contribution in [1.82, 2.24) is 14.8 Å². The summed E-state index contributed by atoms with van der Waals surface area (Å²) in [4.78, 5) is 42.6. The van der Waals surface area contributed by atoms with Crippen LogP contribution in [0.1, 0.15) is 35.2 Å². The van der Waals surface area contributed by atoms with Gasteiger partial charge in [0, 0.05) is 50.3 Å². The number of pyridine rings is 1. The van der Waals surface area contributed by atoms with E-state index in [4.69, 9.17) is 0 Å². The number of hydrogen-bond donors (Lipinski definition) is 1. The van der Waals surface area contributed by atoms with Gasteiger partial charge in [0.05, 0.1) is 5.56 Å². The zero-order valence-corrected chi connectivity index (χ0v) is 15.2. The Morgan fingerprint density at radius 3 is 2.44 bits per heavy atom. The minimum absolute atomic E-state index is 0.0202. The Morgan fingerprint density at radius 1 is 1.04 bits per heavy atom. The highest BCUT2D eigenvalue weighted by Gasteiger charge is 2.45. The molecule has 140 valence electrons. The number of benzene rings is 1. The van der Waals surface area contributed by atoms with E-state index in [9.17, 15) is 14.4 Å². The number of carbonyl (C=O) groups is 2. The first-order valence-electron chi connectivity index (χ1n) is 9.34. The van der Waals surface area contributed by atoms with Gasteiger partial charge in [0.2, 0.25) is 11.5 Å². The summed E-state index contributed by atoms with van der Waals surface area (Å²) in [6, 6.07) is 13.0. The number of aromatic amines is 1. The molecule has 0 atom stereocenters. The molecule has 6 nitrogen and oxygen atoms in total. The van der Waals surface area contributed by atoms with E-state index >= 15 is 0 Å². The van der Waals surface area contributed by atoms with Crippen molar-refractivity contribution in [2.24, 2.45) is 5.41 Å². The van der Waals surface area contributed by atoms with Gasteiger partial charge in [-0.1, -0.05) is 30.3 Å². The molecule has 3 heterocycles.